The van der Waals surface area contributed by atoms with Crippen molar-refractivity contribution in [1.29, 1.82) is 0 Å². The molecule has 1 aromatic heterocycles. The van der Waals surface area contributed by atoms with Crippen LogP contribution in [-0.4, -0.2) is 24.6 Å². The summed E-state index contributed by atoms with van der Waals surface area (Å²) in [5.41, 5.74) is 1.34. The van der Waals surface area contributed by atoms with Gasteiger partial charge in [0.15, 0.2) is 0 Å². The predicted octanol–water partition coefficient (Wildman–Crippen LogP) is 3.45. The van der Waals surface area contributed by atoms with Crippen LogP contribution < -0.4 is 10.2 Å². The highest BCUT2D eigenvalue weighted by atomic mass is 15.2. The molecule has 1 unspecified atom stereocenters. The second-order valence-electron chi connectivity index (χ2n) is 6.37. The molecule has 0 bridgehead atoms. The molecule has 0 amide bonds. The molecular formula is C17H29N3. The van der Waals surface area contributed by atoms with E-state index in [0.29, 0.717) is 5.92 Å². The molecule has 1 atom stereocenters. The number of anilines is 1. The summed E-state index contributed by atoms with van der Waals surface area (Å²) in [4.78, 5) is 7.14. The molecular weight excluding hydrogens is 246 g/mol. The largest absolute Gasteiger partial charge is 0.356 e. The highest BCUT2D eigenvalue weighted by molar-refractivity contribution is 5.47. The van der Waals surface area contributed by atoms with Crippen molar-refractivity contribution in [2.75, 3.05) is 24.5 Å². The standard InChI is InChI=1S/C17H29N3/c1-4-15-7-6-10-20(13-15)17-16(8-5-9-19-17)12-18-11-14(2)3/h5,8-9,14-15,18H,4,6-7,10-13H2,1-3H3. The molecule has 0 radical (unpaired) electrons. The predicted molar refractivity (Wildman–Crippen MR) is 86.0 cm³/mol. The molecule has 0 aliphatic carbocycles. The van der Waals surface area contributed by atoms with Crippen molar-refractivity contribution in [2.24, 2.45) is 11.8 Å². The summed E-state index contributed by atoms with van der Waals surface area (Å²) in [6.07, 6.45) is 5.88. The summed E-state index contributed by atoms with van der Waals surface area (Å²) in [6.45, 7) is 11.1. The van der Waals surface area contributed by atoms with Crippen molar-refractivity contribution >= 4 is 5.82 Å². The van der Waals surface area contributed by atoms with Crippen molar-refractivity contribution in [3.63, 3.8) is 0 Å². The maximum Gasteiger partial charge on any atom is 0.133 e. The van der Waals surface area contributed by atoms with Crippen molar-refractivity contribution < 1.29 is 0 Å². The first-order valence-electron chi connectivity index (χ1n) is 8.10. The van der Waals surface area contributed by atoms with Crippen LogP contribution in [0.15, 0.2) is 18.3 Å². The Hall–Kier alpha value is -1.09. The Bertz CT molecular complexity index is 403. The zero-order chi connectivity index (χ0) is 14.4. The van der Waals surface area contributed by atoms with Gasteiger partial charge in [-0.2, -0.15) is 0 Å². The van der Waals surface area contributed by atoms with Gasteiger partial charge in [0.2, 0.25) is 0 Å². The zero-order valence-electron chi connectivity index (χ0n) is 13.2. The summed E-state index contributed by atoms with van der Waals surface area (Å²) in [5, 5.41) is 3.54. The lowest BCUT2D eigenvalue weighted by Gasteiger charge is -2.34. The third-order valence-corrected chi connectivity index (χ3v) is 4.13. The molecule has 1 saturated heterocycles. The Morgan fingerprint density at radius 3 is 3.05 bits per heavy atom. The monoisotopic (exact) mass is 275 g/mol. The van der Waals surface area contributed by atoms with Crippen LogP contribution in [0, 0.1) is 11.8 Å². The normalized spacial score (nSPS) is 19.6. The van der Waals surface area contributed by atoms with Gasteiger partial charge in [-0.15, -0.1) is 0 Å². The second kappa shape index (κ2) is 7.63. The van der Waals surface area contributed by atoms with E-state index in [1.54, 1.807) is 0 Å². The minimum Gasteiger partial charge on any atom is -0.356 e. The zero-order valence-corrected chi connectivity index (χ0v) is 13.2. The van der Waals surface area contributed by atoms with Crippen LogP contribution in [0.4, 0.5) is 5.82 Å². The molecule has 20 heavy (non-hydrogen) atoms. The third kappa shape index (κ3) is 4.20. The van der Waals surface area contributed by atoms with Crippen LogP contribution in [0.3, 0.4) is 0 Å². The Morgan fingerprint density at radius 1 is 1.45 bits per heavy atom. The van der Waals surface area contributed by atoms with Gasteiger partial charge in [-0.1, -0.05) is 33.3 Å². The van der Waals surface area contributed by atoms with Gasteiger partial charge in [-0.25, -0.2) is 4.98 Å². The van der Waals surface area contributed by atoms with Gasteiger partial charge < -0.3 is 10.2 Å². The van der Waals surface area contributed by atoms with Gasteiger partial charge in [-0.05, 0) is 37.3 Å². The molecule has 1 aromatic rings. The van der Waals surface area contributed by atoms with E-state index in [2.05, 4.69) is 48.1 Å². The molecule has 1 aliphatic heterocycles. The maximum atomic E-state index is 4.65. The summed E-state index contributed by atoms with van der Waals surface area (Å²) < 4.78 is 0. The van der Waals surface area contributed by atoms with Gasteiger partial charge >= 0.3 is 0 Å². The fourth-order valence-electron chi connectivity index (χ4n) is 2.94. The van der Waals surface area contributed by atoms with Crippen molar-refractivity contribution in [2.45, 2.75) is 46.6 Å². The Kier molecular flexibility index (Phi) is 5.84. The van der Waals surface area contributed by atoms with E-state index in [1.807, 2.05) is 6.20 Å². The van der Waals surface area contributed by atoms with Crippen LogP contribution in [0.2, 0.25) is 0 Å². The number of nitrogens with zero attached hydrogens (tertiary/aromatic N) is 2. The average Bonchev–Trinajstić information content (AvgIpc) is 2.47. The quantitative estimate of drug-likeness (QED) is 0.862. The molecule has 112 valence electrons. The number of aromatic nitrogens is 1. The molecule has 1 fully saturated rings. The summed E-state index contributed by atoms with van der Waals surface area (Å²) in [6, 6.07) is 4.27. The lowest BCUT2D eigenvalue weighted by molar-refractivity contribution is 0.402. The van der Waals surface area contributed by atoms with E-state index in [0.717, 1.165) is 25.6 Å². The number of hydrogen-bond acceptors (Lipinski definition) is 3. The molecule has 3 nitrogen and oxygen atoms in total. The molecule has 2 heterocycles. The highest BCUT2D eigenvalue weighted by Crippen LogP contribution is 2.25. The van der Waals surface area contributed by atoms with Crippen LogP contribution in [-0.2, 0) is 6.54 Å². The van der Waals surface area contributed by atoms with Crippen LogP contribution in [0.5, 0.6) is 0 Å². The van der Waals surface area contributed by atoms with Crippen LogP contribution >= 0.6 is 0 Å². The van der Waals surface area contributed by atoms with Crippen molar-refractivity contribution in [3.05, 3.63) is 23.9 Å². The first kappa shape index (κ1) is 15.3. The number of pyridine rings is 1. The topological polar surface area (TPSA) is 28.2 Å². The number of piperidine rings is 1. The first-order chi connectivity index (χ1) is 9.70. The molecule has 0 spiro atoms. The second-order valence-corrected chi connectivity index (χ2v) is 6.37. The summed E-state index contributed by atoms with van der Waals surface area (Å²) >= 11 is 0. The van der Waals surface area contributed by atoms with Crippen molar-refractivity contribution in [1.82, 2.24) is 10.3 Å². The van der Waals surface area contributed by atoms with Gasteiger partial charge in [-0.3, -0.25) is 0 Å². The fourth-order valence-corrected chi connectivity index (χ4v) is 2.94. The summed E-state index contributed by atoms with van der Waals surface area (Å²) in [5.74, 6) is 2.72. The smallest absolute Gasteiger partial charge is 0.133 e. The van der Waals surface area contributed by atoms with Gasteiger partial charge in [0.05, 0.1) is 0 Å². The minimum atomic E-state index is 0.689. The fraction of sp³-hybridized carbons (Fsp3) is 0.706. The highest BCUT2D eigenvalue weighted by Gasteiger charge is 2.21. The molecule has 0 aromatic carbocycles. The Balaban J connectivity index is 2.03. The van der Waals surface area contributed by atoms with E-state index >= 15 is 0 Å². The number of rotatable bonds is 6. The SMILES string of the molecule is CCC1CCCN(c2ncccc2CNCC(C)C)C1. The van der Waals surface area contributed by atoms with Crippen molar-refractivity contribution in [3.8, 4) is 0 Å². The Morgan fingerprint density at radius 2 is 2.30 bits per heavy atom. The number of hydrogen-bond donors (Lipinski definition) is 1. The average molecular weight is 275 g/mol. The van der Waals surface area contributed by atoms with E-state index in [9.17, 15) is 0 Å². The van der Waals surface area contributed by atoms with Gasteiger partial charge in [0.25, 0.3) is 0 Å². The maximum absolute atomic E-state index is 4.65. The molecule has 1 N–H and O–H groups in total. The van der Waals surface area contributed by atoms with Gasteiger partial charge in [0.1, 0.15) is 5.82 Å². The molecule has 3 heteroatoms. The van der Waals surface area contributed by atoms with E-state index in [4.69, 9.17) is 0 Å². The lowest BCUT2D eigenvalue weighted by Crippen LogP contribution is -2.36. The minimum absolute atomic E-state index is 0.689. The van der Waals surface area contributed by atoms with Crippen LogP contribution in [0.25, 0.3) is 0 Å². The van der Waals surface area contributed by atoms with Gasteiger partial charge in [0, 0.05) is 31.4 Å². The van der Waals surface area contributed by atoms with E-state index < -0.39 is 0 Å². The molecule has 2 rings (SSSR count). The van der Waals surface area contributed by atoms with E-state index in [-0.39, 0.29) is 0 Å². The van der Waals surface area contributed by atoms with E-state index in [1.165, 1.54) is 37.2 Å². The summed E-state index contributed by atoms with van der Waals surface area (Å²) in [7, 11) is 0. The molecule has 0 saturated carbocycles. The lowest BCUT2D eigenvalue weighted by atomic mass is 9.95. The first-order valence-corrected chi connectivity index (χ1v) is 8.10. The Labute approximate surface area is 123 Å². The molecule has 1 aliphatic rings. The third-order valence-electron chi connectivity index (χ3n) is 4.13. The van der Waals surface area contributed by atoms with Crippen LogP contribution in [0.1, 0.15) is 45.6 Å². The number of nitrogens with one attached hydrogen (secondary N) is 1.